The zero-order chi connectivity index (χ0) is 20.2. The molecule has 5 heterocycles. The first-order valence-electron chi connectivity index (χ1n) is 10.5. The van der Waals surface area contributed by atoms with Gasteiger partial charge in [0.15, 0.2) is 0 Å². The van der Waals surface area contributed by atoms with Crippen LogP contribution >= 0.6 is 11.3 Å². The van der Waals surface area contributed by atoms with Crippen LogP contribution in [0, 0.1) is 11.8 Å². The Hall–Kier alpha value is -1.61. The minimum Gasteiger partial charge on any atom is -0.335 e. The van der Waals surface area contributed by atoms with Gasteiger partial charge in [-0.25, -0.2) is 8.78 Å². The van der Waals surface area contributed by atoms with Gasteiger partial charge in [0.05, 0.1) is 12.1 Å². The molecule has 0 radical (unpaired) electrons. The van der Waals surface area contributed by atoms with E-state index < -0.39 is 18.5 Å². The van der Waals surface area contributed by atoms with Crippen LogP contribution < -0.4 is 0 Å². The van der Waals surface area contributed by atoms with Crippen LogP contribution in [0.2, 0.25) is 0 Å². The molecule has 6 nitrogen and oxygen atoms in total. The molecular weight excluding hydrogens is 398 g/mol. The average Bonchev–Trinajstić information content (AvgIpc) is 3.31. The Morgan fingerprint density at radius 1 is 1.31 bits per heavy atom. The van der Waals surface area contributed by atoms with E-state index in [9.17, 15) is 18.4 Å². The van der Waals surface area contributed by atoms with Crippen LogP contribution in [-0.4, -0.2) is 75.7 Å². The highest BCUT2D eigenvalue weighted by Gasteiger charge is 2.54. The number of nitrogens with zero attached hydrogens (tertiary/aromatic N) is 4. The number of rotatable bonds is 3. The van der Waals surface area contributed by atoms with E-state index in [1.54, 1.807) is 11.3 Å². The van der Waals surface area contributed by atoms with E-state index in [1.165, 1.54) is 9.78 Å². The average molecular weight is 425 g/mol. The Bertz CT molecular complexity index is 789. The Morgan fingerprint density at radius 3 is 2.86 bits per heavy atom. The number of halogens is 2. The molecule has 2 amide bonds. The van der Waals surface area contributed by atoms with E-state index >= 15 is 0 Å². The molecule has 0 saturated carbocycles. The normalized spacial score (nSPS) is 34.3. The molecule has 1 aromatic heterocycles. The molecule has 1 aromatic rings. The van der Waals surface area contributed by atoms with Gasteiger partial charge in [0.2, 0.25) is 11.8 Å². The predicted molar refractivity (Wildman–Crippen MR) is 103 cm³/mol. The van der Waals surface area contributed by atoms with Gasteiger partial charge in [0, 0.05) is 62.1 Å². The number of hydrogen-bond donors (Lipinski definition) is 0. The summed E-state index contributed by atoms with van der Waals surface area (Å²) in [4.78, 5) is 37.0. The van der Waals surface area contributed by atoms with Gasteiger partial charge in [-0.3, -0.25) is 19.5 Å². The molecule has 4 atom stereocenters. The van der Waals surface area contributed by atoms with E-state index in [0.717, 1.165) is 32.4 Å². The smallest absolute Gasteiger partial charge is 0.267 e. The van der Waals surface area contributed by atoms with E-state index in [4.69, 9.17) is 0 Å². The number of aromatic nitrogens is 1. The zero-order valence-corrected chi connectivity index (χ0v) is 17.1. The second kappa shape index (κ2) is 7.27. The first-order chi connectivity index (χ1) is 13.9. The third-order valence-electron chi connectivity index (χ3n) is 7.01. The predicted octanol–water partition coefficient (Wildman–Crippen LogP) is 2.21. The van der Waals surface area contributed by atoms with Gasteiger partial charge in [0.1, 0.15) is 6.04 Å². The van der Waals surface area contributed by atoms with Crippen LogP contribution in [0.3, 0.4) is 0 Å². The molecule has 2 bridgehead atoms. The molecule has 0 N–H and O–H groups in total. The van der Waals surface area contributed by atoms with Crippen molar-refractivity contribution in [2.45, 2.75) is 56.7 Å². The molecular formula is C20H26F2N4O2S. The van der Waals surface area contributed by atoms with Crippen molar-refractivity contribution in [1.29, 1.82) is 0 Å². The molecule has 0 spiro atoms. The summed E-state index contributed by atoms with van der Waals surface area (Å²) in [6.45, 7) is 1.98. The van der Waals surface area contributed by atoms with Crippen molar-refractivity contribution in [2.24, 2.45) is 11.8 Å². The van der Waals surface area contributed by atoms with Crippen molar-refractivity contribution in [1.82, 2.24) is 19.7 Å². The summed E-state index contributed by atoms with van der Waals surface area (Å²) < 4.78 is 27.5. The highest BCUT2D eigenvalue weighted by molar-refractivity contribution is 7.09. The summed E-state index contributed by atoms with van der Waals surface area (Å²) in [5.74, 6) is -2.72. The first-order valence-corrected chi connectivity index (χ1v) is 11.4. The minimum atomic E-state index is -2.82. The third kappa shape index (κ3) is 3.56. The van der Waals surface area contributed by atoms with Crippen molar-refractivity contribution >= 4 is 23.2 Å². The van der Waals surface area contributed by atoms with Gasteiger partial charge in [-0.15, -0.1) is 11.3 Å². The summed E-state index contributed by atoms with van der Waals surface area (Å²) in [7, 11) is 0. The fourth-order valence-corrected chi connectivity index (χ4v) is 6.49. The summed E-state index contributed by atoms with van der Waals surface area (Å²) in [6, 6.07) is -0.545. The lowest BCUT2D eigenvalue weighted by atomic mass is 9.71. The fraction of sp³-hybridized carbons (Fsp3) is 0.750. The minimum absolute atomic E-state index is 0.00157. The number of thiazole rings is 1. The summed E-state index contributed by atoms with van der Waals surface area (Å²) in [5, 5.41) is 0. The quantitative estimate of drug-likeness (QED) is 0.747. The molecule has 0 aliphatic carbocycles. The van der Waals surface area contributed by atoms with Crippen molar-refractivity contribution in [3.63, 3.8) is 0 Å². The number of carbonyl (C=O) groups is 2. The first kappa shape index (κ1) is 19.4. The number of alkyl halides is 2. The second-order valence-corrected chi connectivity index (χ2v) is 9.96. The SMILES string of the molecule is O=C([C@H]1[C@H]2C[C@H](CN(Cc3cncs3)C2)[C@@H]2CCCC(=O)N21)N1CCC(F)(F)C1. The van der Waals surface area contributed by atoms with Gasteiger partial charge in [-0.2, -0.15) is 0 Å². The lowest BCUT2D eigenvalue weighted by molar-refractivity contribution is -0.165. The van der Waals surface area contributed by atoms with E-state index in [2.05, 4.69) is 9.88 Å². The van der Waals surface area contributed by atoms with Crippen molar-refractivity contribution in [3.05, 3.63) is 16.6 Å². The molecule has 29 heavy (non-hydrogen) atoms. The Labute approximate surface area is 172 Å². The van der Waals surface area contributed by atoms with Gasteiger partial charge in [-0.1, -0.05) is 0 Å². The van der Waals surface area contributed by atoms with Crippen LogP contribution in [0.1, 0.15) is 37.0 Å². The number of amides is 2. The van der Waals surface area contributed by atoms with Gasteiger partial charge >= 0.3 is 0 Å². The molecule has 5 rings (SSSR count). The monoisotopic (exact) mass is 424 g/mol. The highest BCUT2D eigenvalue weighted by Crippen LogP contribution is 2.43. The molecule has 158 valence electrons. The maximum absolute atomic E-state index is 13.8. The van der Waals surface area contributed by atoms with E-state index in [0.29, 0.717) is 18.9 Å². The van der Waals surface area contributed by atoms with Gasteiger partial charge < -0.3 is 9.80 Å². The molecule has 0 unspecified atom stereocenters. The van der Waals surface area contributed by atoms with Gasteiger partial charge in [0.25, 0.3) is 5.92 Å². The molecule has 9 heteroatoms. The van der Waals surface area contributed by atoms with Crippen LogP contribution in [0.4, 0.5) is 8.78 Å². The number of carbonyl (C=O) groups excluding carboxylic acids is 2. The lowest BCUT2D eigenvalue weighted by Crippen LogP contribution is -2.68. The maximum Gasteiger partial charge on any atom is 0.267 e. The van der Waals surface area contributed by atoms with Crippen molar-refractivity contribution < 1.29 is 18.4 Å². The van der Waals surface area contributed by atoms with E-state index in [-0.39, 0.29) is 36.7 Å². The summed E-state index contributed by atoms with van der Waals surface area (Å²) >= 11 is 1.62. The largest absolute Gasteiger partial charge is 0.335 e. The van der Waals surface area contributed by atoms with E-state index in [1.807, 2.05) is 16.6 Å². The highest BCUT2D eigenvalue weighted by atomic mass is 32.1. The lowest BCUT2D eigenvalue weighted by Gasteiger charge is -2.56. The fourth-order valence-electron chi connectivity index (χ4n) is 5.85. The standard InChI is InChI=1S/C20H26F2N4O2S/c21-20(22)4-5-25(11-20)19(28)18-14-6-13(16-2-1-3-17(27)26(16)18)8-24(9-14)10-15-7-23-12-29-15/h7,12-14,16,18H,1-6,8-11H2/t13-,14+,16+,18-/m1/s1. The number of piperidine rings is 3. The summed E-state index contributed by atoms with van der Waals surface area (Å²) in [6.07, 6.45) is 4.69. The topological polar surface area (TPSA) is 56.8 Å². The molecule has 0 aromatic carbocycles. The van der Waals surface area contributed by atoms with Crippen molar-refractivity contribution in [2.75, 3.05) is 26.2 Å². The van der Waals surface area contributed by atoms with Crippen LogP contribution in [0.5, 0.6) is 0 Å². The van der Waals surface area contributed by atoms with Crippen LogP contribution in [0.15, 0.2) is 11.7 Å². The zero-order valence-electron chi connectivity index (χ0n) is 16.3. The molecule has 4 aliphatic heterocycles. The Kier molecular flexibility index (Phi) is 4.85. The number of hydrogen-bond acceptors (Lipinski definition) is 5. The molecule has 4 aliphatic rings. The number of likely N-dealkylation sites (tertiary alicyclic amines) is 2. The second-order valence-electron chi connectivity index (χ2n) is 8.99. The Morgan fingerprint density at radius 2 is 2.14 bits per heavy atom. The third-order valence-corrected chi connectivity index (χ3v) is 7.78. The van der Waals surface area contributed by atoms with Crippen LogP contribution in [-0.2, 0) is 16.1 Å². The molecule has 4 saturated heterocycles. The Balaban J connectivity index is 1.41. The summed E-state index contributed by atoms with van der Waals surface area (Å²) in [5.41, 5.74) is 1.82. The van der Waals surface area contributed by atoms with Gasteiger partial charge in [-0.05, 0) is 25.2 Å². The number of fused-ring (bicyclic) bond motifs is 4. The molecule has 4 fully saturated rings. The van der Waals surface area contributed by atoms with Crippen LogP contribution in [0.25, 0.3) is 0 Å². The maximum atomic E-state index is 13.8. The van der Waals surface area contributed by atoms with Crippen molar-refractivity contribution in [3.8, 4) is 0 Å².